The molecular formula is C7H8O5. The first kappa shape index (κ1) is 8.61. The number of aliphatic hydroxyl groups is 3. The lowest BCUT2D eigenvalue weighted by molar-refractivity contribution is -0.133. The first-order chi connectivity index (χ1) is 5.52. The van der Waals surface area contributed by atoms with Crippen molar-refractivity contribution in [3.05, 3.63) is 23.2 Å². The van der Waals surface area contributed by atoms with Gasteiger partial charge in [-0.1, -0.05) is 0 Å². The van der Waals surface area contributed by atoms with E-state index in [4.69, 9.17) is 20.4 Å². The minimum atomic E-state index is -1.32. The monoisotopic (exact) mass is 172 g/mol. The van der Waals surface area contributed by atoms with Gasteiger partial charge in [0.05, 0.1) is 0 Å². The normalized spacial score (nSPS) is 23.8. The van der Waals surface area contributed by atoms with Crippen LogP contribution >= 0.6 is 0 Å². The first-order valence-corrected chi connectivity index (χ1v) is 3.26. The van der Waals surface area contributed by atoms with Crippen molar-refractivity contribution in [2.75, 3.05) is 0 Å². The zero-order valence-electron chi connectivity index (χ0n) is 6.06. The molecule has 5 heteroatoms. The minimum absolute atomic E-state index is 0.127. The first-order valence-electron chi connectivity index (χ1n) is 3.26. The standard InChI is InChI=1S/C7H8O5/c8-4-1-3(7(11)12)2-5(9)6(4)10/h1,5,8-10H,2H2,(H,11,12)/t5-/m1/s1. The van der Waals surface area contributed by atoms with E-state index in [1.807, 2.05) is 0 Å². The summed E-state index contributed by atoms with van der Waals surface area (Å²) in [7, 11) is 0. The van der Waals surface area contributed by atoms with Crippen LogP contribution in [0.2, 0.25) is 0 Å². The van der Waals surface area contributed by atoms with Gasteiger partial charge in [0.15, 0.2) is 11.5 Å². The van der Waals surface area contributed by atoms with Crippen LogP contribution in [-0.2, 0) is 4.79 Å². The second-order valence-corrected chi connectivity index (χ2v) is 2.47. The highest BCUT2D eigenvalue weighted by atomic mass is 16.4. The molecule has 1 aliphatic rings. The van der Waals surface area contributed by atoms with Gasteiger partial charge in [0.1, 0.15) is 6.10 Å². The third-order valence-corrected chi connectivity index (χ3v) is 1.58. The van der Waals surface area contributed by atoms with Gasteiger partial charge in [0.2, 0.25) is 0 Å². The van der Waals surface area contributed by atoms with Crippen LogP contribution in [0.5, 0.6) is 0 Å². The molecule has 0 aromatic heterocycles. The van der Waals surface area contributed by atoms with Gasteiger partial charge in [-0.25, -0.2) is 4.79 Å². The fourth-order valence-corrected chi connectivity index (χ4v) is 0.923. The predicted molar refractivity (Wildman–Crippen MR) is 38.6 cm³/mol. The second kappa shape index (κ2) is 2.86. The Kier molecular flexibility index (Phi) is 2.05. The molecule has 12 heavy (non-hydrogen) atoms. The maximum atomic E-state index is 10.4. The zero-order valence-corrected chi connectivity index (χ0v) is 6.06. The van der Waals surface area contributed by atoms with Crippen LogP contribution in [0.25, 0.3) is 0 Å². The summed E-state index contributed by atoms with van der Waals surface area (Å²) in [6, 6.07) is 0. The largest absolute Gasteiger partial charge is 0.506 e. The van der Waals surface area contributed by atoms with Crippen LogP contribution in [0, 0.1) is 0 Å². The molecule has 5 nitrogen and oxygen atoms in total. The molecule has 0 bridgehead atoms. The molecule has 0 fully saturated rings. The van der Waals surface area contributed by atoms with Crippen molar-refractivity contribution in [1.82, 2.24) is 0 Å². The van der Waals surface area contributed by atoms with Gasteiger partial charge >= 0.3 is 5.97 Å². The lowest BCUT2D eigenvalue weighted by Crippen LogP contribution is -2.20. The molecule has 0 saturated carbocycles. The molecule has 0 amide bonds. The SMILES string of the molecule is O=C(O)C1=CC(O)=C(O)[C@H](O)C1. The number of hydrogen-bond acceptors (Lipinski definition) is 4. The number of aliphatic carboxylic acids is 1. The number of carboxylic acid groups (broad SMARTS) is 1. The summed E-state index contributed by atoms with van der Waals surface area (Å²) >= 11 is 0. The molecule has 0 unspecified atom stereocenters. The fourth-order valence-electron chi connectivity index (χ4n) is 0.923. The number of allylic oxidation sites excluding steroid dienone is 1. The van der Waals surface area contributed by atoms with Crippen molar-refractivity contribution >= 4 is 5.97 Å². The van der Waals surface area contributed by atoms with Gasteiger partial charge in [-0.05, 0) is 6.08 Å². The molecule has 0 spiro atoms. The number of carboxylic acids is 1. The summed E-state index contributed by atoms with van der Waals surface area (Å²) in [6.07, 6.45) is -0.587. The average Bonchev–Trinajstić information content (AvgIpc) is 1.99. The molecular weight excluding hydrogens is 164 g/mol. The second-order valence-electron chi connectivity index (χ2n) is 2.47. The van der Waals surface area contributed by atoms with E-state index in [0.29, 0.717) is 0 Å². The van der Waals surface area contributed by atoms with Crippen molar-refractivity contribution in [3.8, 4) is 0 Å². The van der Waals surface area contributed by atoms with Crippen LogP contribution in [0.15, 0.2) is 23.2 Å². The molecule has 0 aromatic carbocycles. The molecule has 1 rings (SSSR count). The van der Waals surface area contributed by atoms with E-state index in [1.54, 1.807) is 0 Å². The Morgan fingerprint density at radius 3 is 2.50 bits per heavy atom. The summed E-state index contributed by atoms with van der Waals surface area (Å²) in [6.45, 7) is 0. The molecule has 0 aromatic rings. The molecule has 0 radical (unpaired) electrons. The Labute approximate surface area is 67.9 Å². The Balaban J connectivity index is 2.98. The Morgan fingerprint density at radius 2 is 2.08 bits per heavy atom. The van der Waals surface area contributed by atoms with Crippen molar-refractivity contribution in [3.63, 3.8) is 0 Å². The van der Waals surface area contributed by atoms with Crippen molar-refractivity contribution < 1.29 is 25.2 Å². The lowest BCUT2D eigenvalue weighted by Gasteiger charge is -2.15. The molecule has 4 N–H and O–H groups in total. The molecule has 66 valence electrons. The van der Waals surface area contributed by atoms with E-state index in [-0.39, 0.29) is 12.0 Å². The summed E-state index contributed by atoms with van der Waals surface area (Å²) in [4.78, 5) is 10.4. The molecule has 1 atom stereocenters. The maximum absolute atomic E-state index is 10.4. The van der Waals surface area contributed by atoms with Crippen molar-refractivity contribution in [2.45, 2.75) is 12.5 Å². The summed E-state index contributed by atoms with van der Waals surface area (Å²) in [5.74, 6) is -2.39. The summed E-state index contributed by atoms with van der Waals surface area (Å²) in [5, 5.41) is 35.2. The quantitative estimate of drug-likeness (QED) is 0.449. The Hall–Kier alpha value is -1.49. The Morgan fingerprint density at radius 1 is 1.50 bits per heavy atom. The van der Waals surface area contributed by atoms with Crippen molar-refractivity contribution in [2.24, 2.45) is 0 Å². The van der Waals surface area contributed by atoms with Crippen LogP contribution in [0.3, 0.4) is 0 Å². The van der Waals surface area contributed by atoms with E-state index in [1.165, 1.54) is 0 Å². The van der Waals surface area contributed by atoms with Gasteiger partial charge in [0.25, 0.3) is 0 Å². The van der Waals surface area contributed by atoms with E-state index in [2.05, 4.69) is 0 Å². The maximum Gasteiger partial charge on any atom is 0.331 e. The van der Waals surface area contributed by atoms with E-state index in [0.717, 1.165) is 6.08 Å². The van der Waals surface area contributed by atoms with E-state index >= 15 is 0 Å². The predicted octanol–water partition coefficient (Wildman–Crippen LogP) is 0.0896. The van der Waals surface area contributed by atoms with Crippen LogP contribution in [0.4, 0.5) is 0 Å². The lowest BCUT2D eigenvalue weighted by atomic mass is 10.0. The van der Waals surface area contributed by atoms with E-state index in [9.17, 15) is 4.79 Å². The van der Waals surface area contributed by atoms with Crippen LogP contribution in [-0.4, -0.2) is 32.5 Å². The molecule has 0 heterocycles. The third kappa shape index (κ3) is 1.40. The number of rotatable bonds is 1. The number of carbonyl (C=O) groups is 1. The Bertz CT molecular complexity index is 276. The van der Waals surface area contributed by atoms with Gasteiger partial charge in [-0.3, -0.25) is 0 Å². The van der Waals surface area contributed by atoms with Gasteiger partial charge in [-0.2, -0.15) is 0 Å². The van der Waals surface area contributed by atoms with Gasteiger partial charge in [-0.15, -0.1) is 0 Å². The smallest absolute Gasteiger partial charge is 0.331 e. The highest BCUT2D eigenvalue weighted by Crippen LogP contribution is 2.21. The molecule has 0 saturated heterocycles. The zero-order chi connectivity index (χ0) is 9.30. The minimum Gasteiger partial charge on any atom is -0.506 e. The third-order valence-electron chi connectivity index (χ3n) is 1.58. The topological polar surface area (TPSA) is 98.0 Å². The van der Waals surface area contributed by atoms with Gasteiger partial charge < -0.3 is 20.4 Å². The highest BCUT2D eigenvalue weighted by molar-refractivity contribution is 5.87. The summed E-state index contributed by atoms with van der Waals surface area (Å²) < 4.78 is 0. The van der Waals surface area contributed by atoms with Gasteiger partial charge in [0, 0.05) is 12.0 Å². The summed E-state index contributed by atoms with van der Waals surface area (Å²) in [5.41, 5.74) is -0.127. The van der Waals surface area contributed by atoms with Crippen LogP contribution in [0.1, 0.15) is 6.42 Å². The van der Waals surface area contributed by atoms with E-state index < -0.39 is 23.6 Å². The number of hydrogen-bond donors (Lipinski definition) is 4. The molecule has 1 aliphatic carbocycles. The van der Waals surface area contributed by atoms with Crippen LogP contribution < -0.4 is 0 Å². The fraction of sp³-hybridized carbons (Fsp3) is 0.286. The average molecular weight is 172 g/mol. The van der Waals surface area contributed by atoms with Crippen molar-refractivity contribution in [1.29, 1.82) is 0 Å². The number of aliphatic hydroxyl groups excluding tert-OH is 3. The highest BCUT2D eigenvalue weighted by Gasteiger charge is 2.24. The molecule has 0 aliphatic heterocycles.